The highest BCUT2D eigenvalue weighted by Gasteiger charge is 2.45. The first-order valence-electron chi connectivity index (χ1n) is 6.22. The second-order valence-corrected chi connectivity index (χ2v) is 5.20. The van der Waals surface area contributed by atoms with Crippen LogP contribution in [0.4, 0.5) is 0 Å². The van der Waals surface area contributed by atoms with E-state index in [1.807, 2.05) is 6.07 Å². The van der Waals surface area contributed by atoms with E-state index in [1.54, 1.807) is 0 Å². The topological polar surface area (TPSA) is 23.5 Å². The summed E-state index contributed by atoms with van der Waals surface area (Å²) in [7, 11) is 2.21. The summed E-state index contributed by atoms with van der Waals surface area (Å²) in [4.78, 5) is 2.48. The molecular weight excluding hydrogens is 198 g/mol. The van der Waals surface area contributed by atoms with Gasteiger partial charge in [0.15, 0.2) is 0 Å². The fourth-order valence-corrected chi connectivity index (χ4v) is 3.56. The SMILES string of the molecule is CN1[C@@H]2CC[C@H]1C(c1ccccc1)C(O)C2. The van der Waals surface area contributed by atoms with Gasteiger partial charge >= 0.3 is 0 Å². The van der Waals surface area contributed by atoms with Crippen LogP contribution >= 0.6 is 0 Å². The van der Waals surface area contributed by atoms with Crippen LogP contribution in [0, 0.1) is 0 Å². The second kappa shape index (κ2) is 3.86. The van der Waals surface area contributed by atoms with Gasteiger partial charge in [-0.1, -0.05) is 30.3 Å². The number of rotatable bonds is 1. The number of benzene rings is 1. The van der Waals surface area contributed by atoms with E-state index < -0.39 is 0 Å². The number of hydrogen-bond donors (Lipinski definition) is 1. The minimum Gasteiger partial charge on any atom is -0.392 e. The maximum atomic E-state index is 10.3. The lowest BCUT2D eigenvalue weighted by atomic mass is 9.82. The number of hydrogen-bond acceptors (Lipinski definition) is 2. The molecule has 16 heavy (non-hydrogen) atoms. The lowest BCUT2D eigenvalue weighted by molar-refractivity contribution is 0.0272. The Hall–Kier alpha value is -0.860. The average Bonchev–Trinajstić information content (AvgIpc) is 2.56. The molecule has 2 unspecified atom stereocenters. The van der Waals surface area contributed by atoms with Gasteiger partial charge in [0.1, 0.15) is 0 Å². The van der Waals surface area contributed by atoms with Crippen LogP contribution in [0.2, 0.25) is 0 Å². The van der Waals surface area contributed by atoms with Crippen molar-refractivity contribution < 1.29 is 5.11 Å². The Morgan fingerprint density at radius 3 is 2.69 bits per heavy atom. The number of aliphatic hydroxyl groups is 1. The summed E-state index contributed by atoms with van der Waals surface area (Å²) in [5.41, 5.74) is 1.30. The zero-order chi connectivity index (χ0) is 11.1. The maximum absolute atomic E-state index is 10.3. The van der Waals surface area contributed by atoms with E-state index >= 15 is 0 Å². The molecule has 2 bridgehead atoms. The predicted octanol–water partition coefficient (Wildman–Crippen LogP) is 2.00. The molecule has 2 nitrogen and oxygen atoms in total. The van der Waals surface area contributed by atoms with Crippen molar-refractivity contribution in [3.8, 4) is 0 Å². The summed E-state index contributed by atoms with van der Waals surface area (Å²) in [5, 5.41) is 10.3. The molecule has 0 aliphatic carbocycles. The maximum Gasteiger partial charge on any atom is 0.0638 e. The lowest BCUT2D eigenvalue weighted by Crippen LogP contribution is -2.47. The average molecular weight is 217 g/mol. The van der Waals surface area contributed by atoms with Crippen molar-refractivity contribution >= 4 is 0 Å². The standard InChI is InChI=1S/C14H19NO/c1-15-11-7-8-12(15)14(13(16)9-11)10-5-3-2-4-6-10/h2-6,11-14,16H,7-9H2,1H3/t11-,12+,13?,14?/m1/s1. The largest absolute Gasteiger partial charge is 0.392 e. The molecule has 86 valence electrons. The Labute approximate surface area is 96.9 Å². The van der Waals surface area contributed by atoms with Crippen molar-refractivity contribution in [2.24, 2.45) is 0 Å². The molecule has 1 aromatic rings. The number of aliphatic hydroxyl groups excluding tert-OH is 1. The van der Waals surface area contributed by atoms with Crippen molar-refractivity contribution in [2.45, 2.75) is 43.4 Å². The monoisotopic (exact) mass is 217 g/mol. The van der Waals surface area contributed by atoms with Gasteiger partial charge in [0, 0.05) is 18.0 Å². The van der Waals surface area contributed by atoms with Gasteiger partial charge in [0.05, 0.1) is 6.10 Å². The minimum absolute atomic E-state index is 0.156. The molecular formula is C14H19NO. The van der Waals surface area contributed by atoms with Gasteiger partial charge in [-0.25, -0.2) is 0 Å². The Bertz CT molecular complexity index is 364. The van der Waals surface area contributed by atoms with Gasteiger partial charge in [0.25, 0.3) is 0 Å². The van der Waals surface area contributed by atoms with Crippen molar-refractivity contribution in [1.29, 1.82) is 0 Å². The fourth-order valence-electron chi connectivity index (χ4n) is 3.56. The molecule has 0 amide bonds. The van der Waals surface area contributed by atoms with E-state index in [0.717, 1.165) is 6.42 Å². The van der Waals surface area contributed by atoms with E-state index in [0.29, 0.717) is 18.0 Å². The Morgan fingerprint density at radius 2 is 1.94 bits per heavy atom. The van der Waals surface area contributed by atoms with Gasteiger partial charge in [-0.05, 0) is 31.9 Å². The first-order valence-corrected chi connectivity index (χ1v) is 6.22. The molecule has 0 saturated carbocycles. The summed E-state index contributed by atoms with van der Waals surface area (Å²) >= 11 is 0. The van der Waals surface area contributed by atoms with E-state index in [2.05, 4.69) is 36.2 Å². The third-order valence-corrected chi connectivity index (χ3v) is 4.42. The predicted molar refractivity (Wildman–Crippen MR) is 64.4 cm³/mol. The summed E-state index contributed by atoms with van der Waals surface area (Å²) in [5.74, 6) is 0.310. The number of fused-ring (bicyclic) bond motifs is 2. The highest BCUT2D eigenvalue weighted by Crippen LogP contribution is 2.43. The van der Waals surface area contributed by atoms with Gasteiger partial charge < -0.3 is 5.11 Å². The second-order valence-electron chi connectivity index (χ2n) is 5.20. The molecule has 0 radical (unpaired) electrons. The van der Waals surface area contributed by atoms with E-state index in [-0.39, 0.29) is 6.10 Å². The molecule has 3 rings (SSSR count). The highest BCUT2D eigenvalue weighted by atomic mass is 16.3. The molecule has 1 N–H and O–H groups in total. The molecule has 2 aliphatic heterocycles. The number of likely N-dealkylation sites (N-methyl/N-ethyl adjacent to an activating group) is 1. The zero-order valence-corrected chi connectivity index (χ0v) is 9.71. The highest BCUT2D eigenvalue weighted by molar-refractivity contribution is 5.25. The third kappa shape index (κ3) is 1.48. The zero-order valence-electron chi connectivity index (χ0n) is 9.71. The van der Waals surface area contributed by atoms with Crippen LogP contribution in [0.15, 0.2) is 30.3 Å². The molecule has 0 spiro atoms. The van der Waals surface area contributed by atoms with Gasteiger partial charge in [-0.3, -0.25) is 4.90 Å². The molecule has 2 heteroatoms. The lowest BCUT2D eigenvalue weighted by Gasteiger charge is -2.41. The molecule has 2 fully saturated rings. The molecule has 1 aromatic carbocycles. The van der Waals surface area contributed by atoms with Crippen LogP contribution < -0.4 is 0 Å². The quantitative estimate of drug-likeness (QED) is 0.777. The smallest absolute Gasteiger partial charge is 0.0638 e. The molecule has 2 aliphatic rings. The first-order chi connectivity index (χ1) is 7.77. The first kappa shape index (κ1) is 10.3. The normalized spacial score (nSPS) is 38.9. The summed E-state index contributed by atoms with van der Waals surface area (Å²) in [6.07, 6.45) is 3.27. The molecule has 2 saturated heterocycles. The molecule has 4 atom stereocenters. The number of piperidine rings is 1. The van der Waals surface area contributed by atoms with Crippen molar-refractivity contribution in [1.82, 2.24) is 4.90 Å². The summed E-state index contributed by atoms with van der Waals surface area (Å²) in [6, 6.07) is 11.6. The van der Waals surface area contributed by atoms with Crippen LogP contribution in [0.1, 0.15) is 30.7 Å². The molecule has 2 heterocycles. The third-order valence-electron chi connectivity index (χ3n) is 4.42. The summed E-state index contributed by atoms with van der Waals surface area (Å²) in [6.45, 7) is 0. The van der Waals surface area contributed by atoms with Crippen LogP contribution in [-0.2, 0) is 0 Å². The Kier molecular flexibility index (Phi) is 2.49. The number of nitrogens with zero attached hydrogens (tertiary/aromatic N) is 1. The van der Waals surface area contributed by atoms with Crippen LogP contribution in [-0.4, -0.2) is 35.2 Å². The Morgan fingerprint density at radius 1 is 1.19 bits per heavy atom. The molecule has 0 aromatic heterocycles. The van der Waals surface area contributed by atoms with Gasteiger partial charge in [0.2, 0.25) is 0 Å². The van der Waals surface area contributed by atoms with Crippen LogP contribution in [0.5, 0.6) is 0 Å². The van der Waals surface area contributed by atoms with Crippen molar-refractivity contribution in [3.05, 3.63) is 35.9 Å². The fraction of sp³-hybridized carbons (Fsp3) is 0.571. The Balaban J connectivity index is 1.94. The van der Waals surface area contributed by atoms with E-state index in [4.69, 9.17) is 0 Å². The van der Waals surface area contributed by atoms with Gasteiger partial charge in [-0.2, -0.15) is 0 Å². The summed E-state index contributed by atoms with van der Waals surface area (Å²) < 4.78 is 0. The van der Waals surface area contributed by atoms with Crippen molar-refractivity contribution in [3.63, 3.8) is 0 Å². The van der Waals surface area contributed by atoms with Crippen LogP contribution in [0.3, 0.4) is 0 Å². The van der Waals surface area contributed by atoms with Gasteiger partial charge in [-0.15, -0.1) is 0 Å². The van der Waals surface area contributed by atoms with Crippen molar-refractivity contribution in [2.75, 3.05) is 7.05 Å². The minimum atomic E-state index is -0.156. The van der Waals surface area contributed by atoms with E-state index in [9.17, 15) is 5.11 Å². The van der Waals surface area contributed by atoms with E-state index in [1.165, 1.54) is 18.4 Å². The van der Waals surface area contributed by atoms with Crippen LogP contribution in [0.25, 0.3) is 0 Å².